The third kappa shape index (κ3) is 4.34. The van der Waals surface area contributed by atoms with Crippen LogP contribution >= 0.6 is 13.5 Å². The van der Waals surface area contributed by atoms with Gasteiger partial charge in [-0.25, -0.2) is 9.97 Å². The molecule has 0 radical (unpaired) electrons. The second-order valence-corrected chi connectivity index (χ2v) is 2.62. The Morgan fingerprint density at radius 1 is 1.17 bits per heavy atom. The van der Waals surface area contributed by atoms with E-state index in [1.807, 2.05) is 6.07 Å². The van der Waals surface area contributed by atoms with Crippen LogP contribution in [-0.4, -0.2) is 9.97 Å². The number of aryl methyl sites for hydroxylation is 1. The molecule has 1 aromatic heterocycles. The predicted octanol–water partition coefficient (Wildman–Crippen LogP) is 2.32. The van der Waals surface area contributed by atoms with Crippen LogP contribution in [-0.2, 0) is 6.42 Å². The highest BCUT2D eigenvalue weighted by Gasteiger charge is 1.92. The fourth-order valence-corrected chi connectivity index (χ4v) is 0.992. The van der Waals surface area contributed by atoms with Crippen LogP contribution in [0.1, 0.15) is 32.0 Å². The predicted molar refractivity (Wildman–Crippen MR) is 55.6 cm³/mol. The van der Waals surface area contributed by atoms with E-state index in [9.17, 15) is 0 Å². The first-order valence-electron chi connectivity index (χ1n) is 4.19. The summed E-state index contributed by atoms with van der Waals surface area (Å²) in [5.74, 6) is 0.973. The van der Waals surface area contributed by atoms with E-state index in [0.29, 0.717) is 0 Å². The summed E-state index contributed by atoms with van der Waals surface area (Å²) in [5, 5.41) is 0. The minimum atomic E-state index is 0. The molecule has 1 rings (SSSR count). The highest BCUT2D eigenvalue weighted by molar-refractivity contribution is 7.59. The van der Waals surface area contributed by atoms with E-state index in [4.69, 9.17) is 0 Å². The first-order chi connectivity index (χ1) is 5.43. The molecule has 3 heteroatoms. The molecule has 0 aromatic carbocycles. The minimum absolute atomic E-state index is 0. The summed E-state index contributed by atoms with van der Waals surface area (Å²) >= 11 is 0. The summed E-state index contributed by atoms with van der Waals surface area (Å²) in [6.07, 6.45) is 8.36. The molecule has 0 aliphatic heterocycles. The molecule has 0 aliphatic carbocycles. The second-order valence-electron chi connectivity index (χ2n) is 2.62. The van der Waals surface area contributed by atoms with Crippen molar-refractivity contribution in [3.63, 3.8) is 0 Å². The standard InChI is InChI=1S/C9H14N2.H2S/c1-2-3-4-6-9-10-7-5-8-11-9;/h5,7-8H,2-4,6H2,1H3;1H2. The van der Waals surface area contributed by atoms with Gasteiger partial charge in [-0.2, -0.15) is 13.5 Å². The smallest absolute Gasteiger partial charge is 0.128 e. The number of aromatic nitrogens is 2. The van der Waals surface area contributed by atoms with Crippen molar-refractivity contribution in [2.24, 2.45) is 0 Å². The van der Waals surface area contributed by atoms with Gasteiger partial charge in [0.2, 0.25) is 0 Å². The molecule has 0 unspecified atom stereocenters. The molecule has 0 amide bonds. The Kier molecular flexibility index (Phi) is 6.76. The van der Waals surface area contributed by atoms with Gasteiger partial charge in [0.25, 0.3) is 0 Å². The Hall–Kier alpha value is -0.570. The van der Waals surface area contributed by atoms with Crippen LogP contribution in [0.5, 0.6) is 0 Å². The van der Waals surface area contributed by atoms with Gasteiger partial charge in [-0.05, 0) is 12.5 Å². The fraction of sp³-hybridized carbons (Fsp3) is 0.556. The molecule has 1 aromatic rings. The van der Waals surface area contributed by atoms with Gasteiger partial charge in [0, 0.05) is 18.8 Å². The molecule has 12 heavy (non-hydrogen) atoms. The normalized spacial score (nSPS) is 9.08. The Labute approximate surface area is 80.9 Å². The lowest BCUT2D eigenvalue weighted by Gasteiger charge is -1.96. The maximum absolute atomic E-state index is 4.14. The highest BCUT2D eigenvalue weighted by atomic mass is 32.1. The van der Waals surface area contributed by atoms with Crippen LogP contribution in [0.25, 0.3) is 0 Å². The van der Waals surface area contributed by atoms with E-state index in [1.54, 1.807) is 12.4 Å². The van der Waals surface area contributed by atoms with Gasteiger partial charge in [0.15, 0.2) is 0 Å². The van der Waals surface area contributed by atoms with E-state index in [2.05, 4.69) is 16.9 Å². The van der Waals surface area contributed by atoms with Gasteiger partial charge in [-0.15, -0.1) is 0 Å². The van der Waals surface area contributed by atoms with E-state index in [-0.39, 0.29) is 13.5 Å². The van der Waals surface area contributed by atoms with Gasteiger partial charge in [-0.3, -0.25) is 0 Å². The first-order valence-corrected chi connectivity index (χ1v) is 4.19. The topological polar surface area (TPSA) is 25.8 Å². The van der Waals surface area contributed by atoms with Gasteiger partial charge in [0.1, 0.15) is 5.82 Å². The zero-order chi connectivity index (χ0) is 7.94. The van der Waals surface area contributed by atoms with Crippen molar-refractivity contribution in [2.45, 2.75) is 32.6 Å². The summed E-state index contributed by atoms with van der Waals surface area (Å²) in [4.78, 5) is 8.28. The Balaban J connectivity index is 0.00000121. The van der Waals surface area contributed by atoms with Crippen LogP contribution in [0, 0.1) is 0 Å². The van der Waals surface area contributed by atoms with Crippen molar-refractivity contribution in [3.05, 3.63) is 24.3 Å². The molecule has 0 fully saturated rings. The van der Waals surface area contributed by atoms with Crippen molar-refractivity contribution < 1.29 is 0 Å². The molecule has 2 nitrogen and oxygen atoms in total. The summed E-state index contributed by atoms with van der Waals surface area (Å²) < 4.78 is 0. The van der Waals surface area contributed by atoms with Crippen LogP contribution in [0.3, 0.4) is 0 Å². The van der Waals surface area contributed by atoms with Crippen LogP contribution < -0.4 is 0 Å². The molecule has 0 aliphatic rings. The van der Waals surface area contributed by atoms with Crippen molar-refractivity contribution in [1.82, 2.24) is 9.97 Å². The lowest BCUT2D eigenvalue weighted by molar-refractivity contribution is 0.693. The maximum atomic E-state index is 4.14. The van der Waals surface area contributed by atoms with E-state index in [1.165, 1.54) is 19.3 Å². The Morgan fingerprint density at radius 2 is 1.83 bits per heavy atom. The average molecular weight is 184 g/mol. The van der Waals surface area contributed by atoms with Gasteiger partial charge in [-0.1, -0.05) is 19.8 Å². The van der Waals surface area contributed by atoms with Crippen molar-refractivity contribution in [3.8, 4) is 0 Å². The van der Waals surface area contributed by atoms with Crippen molar-refractivity contribution >= 4 is 13.5 Å². The van der Waals surface area contributed by atoms with Gasteiger partial charge < -0.3 is 0 Å². The van der Waals surface area contributed by atoms with Crippen LogP contribution in [0.4, 0.5) is 0 Å². The minimum Gasteiger partial charge on any atom is -0.241 e. The quantitative estimate of drug-likeness (QED) is 0.671. The fourth-order valence-electron chi connectivity index (χ4n) is 0.992. The van der Waals surface area contributed by atoms with E-state index < -0.39 is 0 Å². The summed E-state index contributed by atoms with van der Waals surface area (Å²) in [6.45, 7) is 2.20. The van der Waals surface area contributed by atoms with Crippen molar-refractivity contribution in [2.75, 3.05) is 0 Å². The molecular weight excluding hydrogens is 168 g/mol. The lowest BCUT2D eigenvalue weighted by atomic mass is 10.2. The largest absolute Gasteiger partial charge is 0.241 e. The van der Waals surface area contributed by atoms with Gasteiger partial charge >= 0.3 is 0 Å². The average Bonchev–Trinajstić information content (AvgIpc) is 2.07. The Morgan fingerprint density at radius 3 is 2.42 bits per heavy atom. The summed E-state index contributed by atoms with van der Waals surface area (Å²) in [6, 6.07) is 1.85. The summed E-state index contributed by atoms with van der Waals surface area (Å²) in [7, 11) is 0. The highest BCUT2D eigenvalue weighted by Crippen LogP contribution is 1.99. The zero-order valence-corrected chi connectivity index (χ0v) is 8.45. The number of hydrogen-bond donors (Lipinski definition) is 0. The molecule has 0 spiro atoms. The molecule has 1 heterocycles. The third-order valence-electron chi connectivity index (χ3n) is 1.62. The third-order valence-corrected chi connectivity index (χ3v) is 1.62. The van der Waals surface area contributed by atoms with Crippen molar-refractivity contribution in [1.29, 1.82) is 0 Å². The zero-order valence-electron chi connectivity index (χ0n) is 7.45. The van der Waals surface area contributed by atoms with E-state index in [0.717, 1.165) is 12.2 Å². The van der Waals surface area contributed by atoms with E-state index >= 15 is 0 Å². The number of rotatable bonds is 4. The second kappa shape index (κ2) is 7.10. The maximum Gasteiger partial charge on any atom is 0.128 e. The number of unbranched alkanes of at least 4 members (excludes halogenated alkanes) is 2. The molecule has 0 saturated carbocycles. The number of nitrogens with zero attached hydrogens (tertiary/aromatic N) is 2. The molecular formula is C9H16N2S. The SMILES string of the molecule is CCCCCc1ncccn1.S. The molecule has 68 valence electrons. The van der Waals surface area contributed by atoms with Crippen LogP contribution in [0.15, 0.2) is 18.5 Å². The Bertz CT molecular complexity index is 189. The summed E-state index contributed by atoms with van der Waals surface area (Å²) in [5.41, 5.74) is 0. The molecule has 0 N–H and O–H groups in total. The monoisotopic (exact) mass is 184 g/mol. The molecule has 0 bridgehead atoms. The van der Waals surface area contributed by atoms with Gasteiger partial charge in [0.05, 0.1) is 0 Å². The number of hydrogen-bond acceptors (Lipinski definition) is 2. The molecule has 0 saturated heterocycles. The van der Waals surface area contributed by atoms with Crippen LogP contribution in [0.2, 0.25) is 0 Å². The molecule has 0 atom stereocenters. The first kappa shape index (κ1) is 11.4. The lowest BCUT2D eigenvalue weighted by Crippen LogP contribution is -1.92.